The van der Waals surface area contributed by atoms with Gasteiger partial charge >= 0.3 is 6.01 Å². The van der Waals surface area contributed by atoms with Crippen LogP contribution in [-0.4, -0.2) is 44.1 Å². The summed E-state index contributed by atoms with van der Waals surface area (Å²) in [5.41, 5.74) is 5.63. The molecule has 0 bridgehead atoms. The molecule has 0 saturated carbocycles. The van der Waals surface area contributed by atoms with Gasteiger partial charge in [-0.05, 0) is 6.07 Å². The van der Waals surface area contributed by atoms with Crippen molar-refractivity contribution in [1.82, 2.24) is 24.7 Å². The molecule has 1 saturated heterocycles. The topological polar surface area (TPSA) is 101 Å². The molecule has 2 aromatic heterocycles. The monoisotopic (exact) mass is 248 g/mol. The Labute approximate surface area is 103 Å². The van der Waals surface area contributed by atoms with E-state index in [4.69, 9.17) is 15.2 Å². The fourth-order valence-corrected chi connectivity index (χ4v) is 1.66. The van der Waals surface area contributed by atoms with Gasteiger partial charge in [0.15, 0.2) is 0 Å². The van der Waals surface area contributed by atoms with Gasteiger partial charge in [0.1, 0.15) is 6.10 Å². The van der Waals surface area contributed by atoms with E-state index < -0.39 is 0 Å². The van der Waals surface area contributed by atoms with E-state index in [9.17, 15) is 0 Å². The fourth-order valence-electron chi connectivity index (χ4n) is 1.66. The molecule has 0 aliphatic carbocycles. The first kappa shape index (κ1) is 10.9. The Bertz CT molecular complexity index is 523. The van der Waals surface area contributed by atoms with Gasteiger partial charge in [-0.25, -0.2) is 4.68 Å². The summed E-state index contributed by atoms with van der Waals surface area (Å²) in [7, 11) is 0. The van der Waals surface area contributed by atoms with E-state index in [0.29, 0.717) is 19.2 Å². The zero-order valence-corrected chi connectivity index (χ0v) is 9.56. The van der Waals surface area contributed by atoms with Crippen LogP contribution in [0, 0.1) is 0 Å². The summed E-state index contributed by atoms with van der Waals surface area (Å²) in [5, 5.41) is 4.03. The highest BCUT2D eigenvalue weighted by Gasteiger charge is 2.19. The van der Waals surface area contributed by atoms with Crippen molar-refractivity contribution in [3.63, 3.8) is 0 Å². The maximum Gasteiger partial charge on any atom is 0.323 e. The molecule has 3 heterocycles. The highest BCUT2D eigenvalue weighted by Crippen LogP contribution is 2.14. The number of nitrogens with zero attached hydrogens (tertiary/aromatic N) is 5. The first-order valence-corrected chi connectivity index (χ1v) is 5.57. The van der Waals surface area contributed by atoms with Crippen molar-refractivity contribution in [2.45, 2.75) is 12.5 Å². The predicted molar refractivity (Wildman–Crippen MR) is 61.2 cm³/mol. The summed E-state index contributed by atoms with van der Waals surface area (Å²) < 4.78 is 12.3. The van der Waals surface area contributed by atoms with Crippen LogP contribution in [-0.2, 0) is 4.74 Å². The van der Waals surface area contributed by atoms with Crippen LogP contribution >= 0.6 is 0 Å². The molecule has 1 aliphatic heterocycles. The second-order valence-electron chi connectivity index (χ2n) is 3.83. The number of nitrogens with two attached hydrogens (primary N) is 1. The summed E-state index contributed by atoms with van der Waals surface area (Å²) >= 11 is 0. The maximum absolute atomic E-state index is 5.63. The van der Waals surface area contributed by atoms with Crippen molar-refractivity contribution >= 4 is 5.95 Å². The zero-order valence-electron chi connectivity index (χ0n) is 9.56. The normalized spacial score (nSPS) is 19.0. The van der Waals surface area contributed by atoms with Crippen LogP contribution < -0.4 is 10.5 Å². The lowest BCUT2D eigenvalue weighted by Crippen LogP contribution is -2.19. The second-order valence-corrected chi connectivity index (χ2v) is 3.83. The van der Waals surface area contributed by atoms with Gasteiger partial charge in [0.2, 0.25) is 5.95 Å². The first-order valence-electron chi connectivity index (χ1n) is 5.57. The molecule has 2 N–H and O–H groups in total. The smallest absolute Gasteiger partial charge is 0.323 e. The molecule has 0 aromatic carbocycles. The lowest BCUT2D eigenvalue weighted by atomic mass is 10.3. The van der Waals surface area contributed by atoms with E-state index >= 15 is 0 Å². The minimum Gasteiger partial charge on any atom is -0.457 e. The van der Waals surface area contributed by atoms with E-state index in [1.165, 1.54) is 4.68 Å². The van der Waals surface area contributed by atoms with Crippen molar-refractivity contribution in [1.29, 1.82) is 0 Å². The Hall–Kier alpha value is -2.22. The van der Waals surface area contributed by atoms with Crippen molar-refractivity contribution in [2.24, 2.45) is 0 Å². The second kappa shape index (κ2) is 4.57. The molecule has 2 aromatic rings. The van der Waals surface area contributed by atoms with E-state index in [2.05, 4.69) is 20.1 Å². The lowest BCUT2D eigenvalue weighted by molar-refractivity contribution is 0.134. The van der Waals surface area contributed by atoms with Crippen LogP contribution in [0.1, 0.15) is 6.42 Å². The van der Waals surface area contributed by atoms with Gasteiger partial charge in [0.25, 0.3) is 5.95 Å². The molecule has 18 heavy (non-hydrogen) atoms. The van der Waals surface area contributed by atoms with Crippen LogP contribution in [0.3, 0.4) is 0 Å². The van der Waals surface area contributed by atoms with Gasteiger partial charge in [-0.1, -0.05) is 0 Å². The standard InChI is InChI=1S/C10H12N6O2/c11-8-13-9(16-4-1-3-12-16)15-10(14-8)18-7-2-5-17-6-7/h1,3-4,7H,2,5-6H2,(H2,11,13,14,15). The average Bonchev–Trinajstić information content (AvgIpc) is 3.00. The van der Waals surface area contributed by atoms with Gasteiger partial charge in [-0.2, -0.15) is 20.1 Å². The molecule has 1 aliphatic rings. The van der Waals surface area contributed by atoms with Crippen LogP contribution in [0.2, 0.25) is 0 Å². The number of aromatic nitrogens is 5. The third-order valence-corrected chi connectivity index (χ3v) is 2.49. The van der Waals surface area contributed by atoms with E-state index in [1.54, 1.807) is 18.5 Å². The molecular weight excluding hydrogens is 236 g/mol. The highest BCUT2D eigenvalue weighted by molar-refractivity contribution is 5.24. The van der Waals surface area contributed by atoms with Crippen LogP contribution in [0.5, 0.6) is 6.01 Å². The minimum absolute atomic E-state index is 0.0303. The lowest BCUT2D eigenvalue weighted by Gasteiger charge is -2.10. The van der Waals surface area contributed by atoms with Gasteiger partial charge in [-0.15, -0.1) is 0 Å². The molecule has 3 rings (SSSR count). The Balaban J connectivity index is 1.86. The minimum atomic E-state index is -0.0303. The molecule has 0 spiro atoms. The molecule has 1 atom stereocenters. The van der Waals surface area contributed by atoms with E-state index in [-0.39, 0.29) is 18.1 Å². The molecule has 0 radical (unpaired) electrons. The largest absolute Gasteiger partial charge is 0.457 e. The molecule has 8 nitrogen and oxygen atoms in total. The van der Waals surface area contributed by atoms with Crippen LogP contribution in [0.25, 0.3) is 5.95 Å². The summed E-state index contributed by atoms with van der Waals surface area (Å²) in [6.45, 7) is 1.24. The maximum atomic E-state index is 5.63. The van der Waals surface area contributed by atoms with Gasteiger partial charge in [0, 0.05) is 18.8 Å². The molecule has 1 unspecified atom stereocenters. The van der Waals surface area contributed by atoms with Crippen molar-refractivity contribution in [2.75, 3.05) is 18.9 Å². The quantitative estimate of drug-likeness (QED) is 0.803. The summed E-state index contributed by atoms with van der Waals surface area (Å²) in [4.78, 5) is 12.1. The number of anilines is 1. The van der Waals surface area contributed by atoms with Crippen LogP contribution in [0.4, 0.5) is 5.95 Å². The number of hydrogen-bond acceptors (Lipinski definition) is 7. The van der Waals surface area contributed by atoms with Gasteiger partial charge < -0.3 is 15.2 Å². The zero-order chi connectivity index (χ0) is 12.4. The summed E-state index contributed by atoms with van der Waals surface area (Å²) in [6.07, 6.45) is 4.14. The van der Waals surface area contributed by atoms with Gasteiger partial charge in [-0.3, -0.25) is 0 Å². The van der Waals surface area contributed by atoms with E-state index in [0.717, 1.165) is 6.42 Å². The van der Waals surface area contributed by atoms with Crippen molar-refractivity contribution in [3.05, 3.63) is 18.5 Å². The molecule has 94 valence electrons. The van der Waals surface area contributed by atoms with Gasteiger partial charge in [0.05, 0.1) is 13.2 Å². The Morgan fingerprint density at radius 1 is 1.39 bits per heavy atom. The third-order valence-electron chi connectivity index (χ3n) is 2.49. The molecule has 0 amide bonds. The van der Waals surface area contributed by atoms with E-state index in [1.807, 2.05) is 0 Å². The SMILES string of the molecule is Nc1nc(OC2CCOC2)nc(-n2cccn2)n1. The number of hydrogen-bond donors (Lipinski definition) is 1. The molecule has 1 fully saturated rings. The predicted octanol–water partition coefficient (Wildman–Crippen LogP) is -0.193. The van der Waals surface area contributed by atoms with Crippen molar-refractivity contribution < 1.29 is 9.47 Å². The fraction of sp³-hybridized carbons (Fsp3) is 0.400. The summed E-state index contributed by atoms with van der Waals surface area (Å²) in [5.74, 6) is 0.436. The number of rotatable bonds is 3. The first-order chi connectivity index (χ1) is 8.81. The highest BCUT2D eigenvalue weighted by atomic mass is 16.6. The Kier molecular flexibility index (Phi) is 2.77. The average molecular weight is 248 g/mol. The third kappa shape index (κ3) is 2.23. The number of nitrogen functional groups attached to an aromatic ring is 1. The Morgan fingerprint density at radius 3 is 3.06 bits per heavy atom. The van der Waals surface area contributed by atoms with Crippen molar-refractivity contribution in [3.8, 4) is 12.0 Å². The summed E-state index contributed by atoms with van der Waals surface area (Å²) in [6, 6.07) is 1.97. The van der Waals surface area contributed by atoms with Crippen LogP contribution in [0.15, 0.2) is 18.5 Å². The molecule has 8 heteroatoms. The Morgan fingerprint density at radius 2 is 2.33 bits per heavy atom. The molecular formula is C10H12N6O2. The number of ether oxygens (including phenoxy) is 2.